The topological polar surface area (TPSA) is 48.1 Å². The first-order valence-electron chi connectivity index (χ1n) is 6.65. The zero-order valence-electron chi connectivity index (χ0n) is 12.0. The van der Waals surface area contributed by atoms with Gasteiger partial charge in [0.1, 0.15) is 5.75 Å². The summed E-state index contributed by atoms with van der Waals surface area (Å²) in [7, 11) is 0. The third-order valence-corrected chi connectivity index (χ3v) is 3.44. The summed E-state index contributed by atoms with van der Waals surface area (Å²) in [4.78, 5) is 4.34. The molecule has 0 atom stereocenters. The van der Waals surface area contributed by atoms with Gasteiger partial charge < -0.3 is 10.5 Å². The van der Waals surface area contributed by atoms with Gasteiger partial charge in [0.2, 0.25) is 5.88 Å². The van der Waals surface area contributed by atoms with Gasteiger partial charge in [-0.15, -0.1) is 0 Å². The molecule has 2 rings (SSSR count). The lowest BCUT2D eigenvalue weighted by Gasteiger charge is -2.14. The fourth-order valence-electron chi connectivity index (χ4n) is 1.98. The van der Waals surface area contributed by atoms with E-state index in [0.717, 1.165) is 16.9 Å². The number of nitrogens with zero attached hydrogens (tertiary/aromatic N) is 1. The Kier molecular flexibility index (Phi) is 4.63. The molecule has 0 amide bonds. The van der Waals surface area contributed by atoms with Crippen molar-refractivity contribution in [1.29, 1.82) is 0 Å². The van der Waals surface area contributed by atoms with Crippen molar-refractivity contribution in [1.82, 2.24) is 4.98 Å². The molecule has 0 unspecified atom stereocenters. The average Bonchev–Trinajstić information content (AvgIpc) is 2.40. The van der Waals surface area contributed by atoms with Gasteiger partial charge >= 0.3 is 0 Å². The van der Waals surface area contributed by atoms with Gasteiger partial charge in [0.25, 0.3) is 0 Å². The maximum Gasteiger partial charge on any atom is 0.219 e. The van der Waals surface area contributed by atoms with E-state index in [1.807, 2.05) is 13.0 Å². The standard InChI is InChI=1S/C16H19ClN2O/c1-10(2)12-5-4-11(3)8-15(12)20-16-7-6-13(17)14(9-18)19-16/h4-8,10H,9,18H2,1-3H3. The van der Waals surface area contributed by atoms with Crippen molar-refractivity contribution in [3.8, 4) is 11.6 Å². The van der Waals surface area contributed by atoms with E-state index in [9.17, 15) is 0 Å². The second-order valence-corrected chi connectivity index (χ2v) is 5.49. The minimum Gasteiger partial charge on any atom is -0.439 e. The highest BCUT2D eigenvalue weighted by molar-refractivity contribution is 6.31. The van der Waals surface area contributed by atoms with Gasteiger partial charge in [0, 0.05) is 12.6 Å². The number of hydrogen-bond acceptors (Lipinski definition) is 3. The largest absolute Gasteiger partial charge is 0.439 e. The third kappa shape index (κ3) is 3.30. The number of aromatic nitrogens is 1. The molecule has 0 fully saturated rings. The summed E-state index contributed by atoms with van der Waals surface area (Å²) in [5.41, 5.74) is 8.56. The zero-order valence-corrected chi connectivity index (χ0v) is 12.7. The fraction of sp³-hybridized carbons (Fsp3) is 0.312. The van der Waals surface area contributed by atoms with Crippen LogP contribution in [0.25, 0.3) is 0 Å². The molecule has 0 saturated heterocycles. The van der Waals surface area contributed by atoms with Crippen molar-refractivity contribution in [2.24, 2.45) is 5.73 Å². The smallest absolute Gasteiger partial charge is 0.219 e. The molecule has 4 heteroatoms. The van der Waals surface area contributed by atoms with E-state index in [0.29, 0.717) is 29.1 Å². The lowest BCUT2D eigenvalue weighted by molar-refractivity contribution is 0.452. The molecule has 1 heterocycles. The van der Waals surface area contributed by atoms with E-state index < -0.39 is 0 Å². The summed E-state index contributed by atoms with van der Waals surface area (Å²) in [6.45, 7) is 6.61. The Morgan fingerprint density at radius 3 is 2.65 bits per heavy atom. The molecule has 1 aromatic heterocycles. The van der Waals surface area contributed by atoms with E-state index in [4.69, 9.17) is 22.1 Å². The monoisotopic (exact) mass is 290 g/mol. The Morgan fingerprint density at radius 1 is 1.25 bits per heavy atom. The predicted molar refractivity (Wildman–Crippen MR) is 82.5 cm³/mol. The zero-order chi connectivity index (χ0) is 14.7. The number of pyridine rings is 1. The summed E-state index contributed by atoms with van der Waals surface area (Å²) in [6.07, 6.45) is 0. The summed E-state index contributed by atoms with van der Waals surface area (Å²) in [5.74, 6) is 1.73. The van der Waals surface area contributed by atoms with Crippen LogP contribution in [0.5, 0.6) is 11.6 Å². The van der Waals surface area contributed by atoms with Crippen LogP contribution >= 0.6 is 11.6 Å². The molecule has 0 aliphatic carbocycles. The molecule has 106 valence electrons. The van der Waals surface area contributed by atoms with Gasteiger partial charge in [0.05, 0.1) is 10.7 Å². The number of aryl methyl sites for hydroxylation is 1. The van der Waals surface area contributed by atoms with Crippen LogP contribution in [0.1, 0.15) is 36.6 Å². The molecule has 20 heavy (non-hydrogen) atoms. The Morgan fingerprint density at radius 2 is 2.00 bits per heavy atom. The lowest BCUT2D eigenvalue weighted by Crippen LogP contribution is -2.02. The Bertz CT molecular complexity index is 611. The highest BCUT2D eigenvalue weighted by Crippen LogP contribution is 2.31. The van der Waals surface area contributed by atoms with Gasteiger partial charge in [-0.05, 0) is 36.1 Å². The minimum atomic E-state index is 0.293. The summed E-state index contributed by atoms with van der Waals surface area (Å²) in [5, 5.41) is 0.563. The third-order valence-electron chi connectivity index (χ3n) is 3.09. The number of benzene rings is 1. The fourth-order valence-corrected chi connectivity index (χ4v) is 2.17. The van der Waals surface area contributed by atoms with E-state index in [1.165, 1.54) is 0 Å². The van der Waals surface area contributed by atoms with Gasteiger partial charge in [-0.3, -0.25) is 0 Å². The maximum absolute atomic E-state index is 6.01. The lowest BCUT2D eigenvalue weighted by atomic mass is 10.0. The molecular weight excluding hydrogens is 272 g/mol. The van der Waals surface area contributed by atoms with E-state index >= 15 is 0 Å². The van der Waals surface area contributed by atoms with Crippen LogP contribution in [0.15, 0.2) is 30.3 Å². The van der Waals surface area contributed by atoms with Crippen LogP contribution in [0.3, 0.4) is 0 Å². The van der Waals surface area contributed by atoms with Crippen LogP contribution in [0, 0.1) is 6.92 Å². The first-order valence-corrected chi connectivity index (χ1v) is 7.03. The first-order chi connectivity index (χ1) is 9.51. The van der Waals surface area contributed by atoms with Crippen LogP contribution < -0.4 is 10.5 Å². The Balaban J connectivity index is 2.36. The summed E-state index contributed by atoms with van der Waals surface area (Å²) >= 11 is 6.01. The van der Waals surface area contributed by atoms with E-state index in [-0.39, 0.29) is 0 Å². The van der Waals surface area contributed by atoms with Gasteiger partial charge in [-0.1, -0.05) is 37.6 Å². The average molecular weight is 291 g/mol. The first kappa shape index (κ1) is 14.8. The van der Waals surface area contributed by atoms with E-state index in [2.05, 4.69) is 31.0 Å². The number of ether oxygens (including phenoxy) is 1. The molecule has 0 aliphatic rings. The molecule has 2 N–H and O–H groups in total. The predicted octanol–water partition coefficient (Wildman–Crippen LogP) is 4.42. The SMILES string of the molecule is Cc1ccc(C(C)C)c(Oc2ccc(Cl)c(CN)n2)c1. The second kappa shape index (κ2) is 6.25. The van der Waals surface area contributed by atoms with Crippen molar-refractivity contribution >= 4 is 11.6 Å². The van der Waals surface area contributed by atoms with Crippen molar-refractivity contribution in [3.05, 3.63) is 52.2 Å². The highest BCUT2D eigenvalue weighted by atomic mass is 35.5. The van der Waals surface area contributed by atoms with Crippen molar-refractivity contribution in [2.45, 2.75) is 33.2 Å². The van der Waals surface area contributed by atoms with Crippen molar-refractivity contribution in [3.63, 3.8) is 0 Å². The molecule has 0 saturated carbocycles. The molecule has 0 aliphatic heterocycles. The second-order valence-electron chi connectivity index (χ2n) is 5.08. The number of hydrogen-bond donors (Lipinski definition) is 1. The van der Waals surface area contributed by atoms with Crippen LogP contribution in [-0.4, -0.2) is 4.98 Å². The van der Waals surface area contributed by atoms with Gasteiger partial charge in [0.15, 0.2) is 0 Å². The summed E-state index contributed by atoms with van der Waals surface area (Å²) < 4.78 is 5.92. The highest BCUT2D eigenvalue weighted by Gasteiger charge is 2.11. The Hall–Kier alpha value is -1.58. The molecule has 3 nitrogen and oxygen atoms in total. The molecule has 0 spiro atoms. The number of nitrogens with two attached hydrogens (primary N) is 1. The maximum atomic E-state index is 6.01. The van der Waals surface area contributed by atoms with Crippen LogP contribution in [0.4, 0.5) is 0 Å². The molecule has 1 aromatic carbocycles. The Labute approximate surface area is 124 Å². The number of rotatable bonds is 4. The summed E-state index contributed by atoms with van der Waals surface area (Å²) in [6, 6.07) is 9.72. The van der Waals surface area contributed by atoms with Gasteiger partial charge in [-0.25, -0.2) is 4.98 Å². The number of halogens is 1. The molecular formula is C16H19ClN2O. The molecule has 2 aromatic rings. The molecule has 0 bridgehead atoms. The van der Waals surface area contributed by atoms with Crippen molar-refractivity contribution in [2.75, 3.05) is 0 Å². The van der Waals surface area contributed by atoms with Crippen LogP contribution in [0.2, 0.25) is 5.02 Å². The van der Waals surface area contributed by atoms with Gasteiger partial charge in [-0.2, -0.15) is 0 Å². The normalized spacial score (nSPS) is 10.9. The van der Waals surface area contributed by atoms with Crippen LogP contribution in [-0.2, 0) is 6.54 Å². The van der Waals surface area contributed by atoms with Crippen molar-refractivity contribution < 1.29 is 4.74 Å². The molecule has 0 radical (unpaired) electrons. The van der Waals surface area contributed by atoms with E-state index in [1.54, 1.807) is 12.1 Å². The minimum absolute atomic E-state index is 0.293. The quantitative estimate of drug-likeness (QED) is 0.907.